The molecule has 0 unspecified atom stereocenters. The van der Waals surface area contributed by atoms with Crippen molar-refractivity contribution in [3.05, 3.63) is 33.1 Å². The maximum Gasteiger partial charge on any atom is 0.295 e. The van der Waals surface area contributed by atoms with Crippen LogP contribution in [0.15, 0.2) is 12.1 Å². The molecule has 1 amide bonds. The summed E-state index contributed by atoms with van der Waals surface area (Å²) in [6, 6.07) is 1.75. The van der Waals surface area contributed by atoms with E-state index in [1.165, 1.54) is 0 Å². The molecule has 0 heterocycles. The summed E-state index contributed by atoms with van der Waals surface area (Å²) in [5, 5.41) is 15.7. The molecule has 1 rings (SSSR count). The lowest BCUT2D eigenvalue weighted by molar-refractivity contribution is -0.384. The van der Waals surface area contributed by atoms with Gasteiger partial charge in [0, 0.05) is 6.04 Å². The number of nitrogens with one attached hydrogen (secondary N) is 2. The Kier molecular flexibility index (Phi) is 5.05. The number of anilines is 1. The molecule has 6 nitrogen and oxygen atoms in total. The van der Waals surface area contributed by atoms with Crippen molar-refractivity contribution < 1.29 is 14.1 Å². The predicted molar refractivity (Wildman–Crippen MR) is 69.8 cm³/mol. The van der Waals surface area contributed by atoms with E-state index in [9.17, 15) is 19.3 Å². The van der Waals surface area contributed by atoms with Crippen molar-refractivity contribution in [1.29, 1.82) is 0 Å². The van der Waals surface area contributed by atoms with Crippen molar-refractivity contribution in [1.82, 2.24) is 5.32 Å². The van der Waals surface area contributed by atoms with Crippen molar-refractivity contribution in [3.8, 4) is 0 Å². The molecule has 1 aromatic rings. The number of nitro benzene ring substituents is 1. The molecule has 1 aromatic carbocycles. The Morgan fingerprint density at radius 1 is 1.53 bits per heavy atom. The van der Waals surface area contributed by atoms with E-state index in [1.54, 1.807) is 13.8 Å². The quantitative estimate of drug-likeness (QED) is 0.643. The maximum atomic E-state index is 13.1. The summed E-state index contributed by atoms with van der Waals surface area (Å²) < 4.78 is 13.1. The molecule has 0 spiro atoms. The summed E-state index contributed by atoms with van der Waals surface area (Å²) in [4.78, 5) is 21.4. The van der Waals surface area contributed by atoms with Crippen LogP contribution in [-0.2, 0) is 4.79 Å². The second-order valence-electron chi connectivity index (χ2n) is 4.12. The highest BCUT2D eigenvalue weighted by Crippen LogP contribution is 2.29. The zero-order valence-electron chi connectivity index (χ0n) is 10.4. The SMILES string of the molecule is CC(C)NC(=O)CNc1cc(Cl)c(F)cc1[N+](=O)[O-]. The number of carbonyl (C=O) groups excluding carboxylic acids is 1. The molecule has 0 aliphatic rings. The Morgan fingerprint density at radius 3 is 2.68 bits per heavy atom. The number of carbonyl (C=O) groups is 1. The van der Waals surface area contributed by atoms with Crippen LogP contribution in [0.25, 0.3) is 0 Å². The summed E-state index contributed by atoms with van der Waals surface area (Å²) in [7, 11) is 0. The van der Waals surface area contributed by atoms with E-state index in [1.807, 2.05) is 0 Å². The number of hydrogen-bond acceptors (Lipinski definition) is 4. The number of benzene rings is 1. The summed E-state index contributed by atoms with van der Waals surface area (Å²) in [5.41, 5.74) is -0.477. The van der Waals surface area contributed by atoms with Crippen LogP contribution in [0.4, 0.5) is 15.8 Å². The normalized spacial score (nSPS) is 10.4. The third-order valence-electron chi connectivity index (χ3n) is 2.12. The van der Waals surface area contributed by atoms with Crippen LogP contribution in [0.5, 0.6) is 0 Å². The van der Waals surface area contributed by atoms with Gasteiger partial charge in [-0.2, -0.15) is 0 Å². The first-order valence-electron chi connectivity index (χ1n) is 5.48. The maximum absolute atomic E-state index is 13.1. The zero-order chi connectivity index (χ0) is 14.6. The highest BCUT2D eigenvalue weighted by Gasteiger charge is 2.18. The summed E-state index contributed by atoms with van der Waals surface area (Å²) >= 11 is 5.55. The van der Waals surface area contributed by atoms with Gasteiger partial charge < -0.3 is 10.6 Å². The monoisotopic (exact) mass is 289 g/mol. The molecule has 0 atom stereocenters. The first kappa shape index (κ1) is 15.2. The number of hydrogen-bond donors (Lipinski definition) is 2. The molecular formula is C11H13ClFN3O3. The van der Waals surface area contributed by atoms with E-state index in [0.717, 1.165) is 6.07 Å². The highest BCUT2D eigenvalue weighted by molar-refractivity contribution is 6.31. The third kappa shape index (κ3) is 4.36. The van der Waals surface area contributed by atoms with Crippen LogP contribution >= 0.6 is 11.6 Å². The lowest BCUT2D eigenvalue weighted by Crippen LogP contribution is -2.34. The average Bonchev–Trinajstić information content (AvgIpc) is 2.29. The fourth-order valence-electron chi connectivity index (χ4n) is 1.38. The van der Waals surface area contributed by atoms with Gasteiger partial charge in [0.2, 0.25) is 5.91 Å². The molecule has 2 N–H and O–H groups in total. The van der Waals surface area contributed by atoms with Gasteiger partial charge in [-0.15, -0.1) is 0 Å². The van der Waals surface area contributed by atoms with Crippen molar-refractivity contribution in [2.24, 2.45) is 0 Å². The molecule has 0 aliphatic heterocycles. The zero-order valence-corrected chi connectivity index (χ0v) is 11.1. The van der Waals surface area contributed by atoms with Crippen molar-refractivity contribution in [2.45, 2.75) is 19.9 Å². The van der Waals surface area contributed by atoms with E-state index in [-0.39, 0.29) is 29.2 Å². The molecule has 0 saturated carbocycles. The Balaban J connectivity index is 2.85. The Bertz CT molecular complexity index is 508. The van der Waals surface area contributed by atoms with Crippen molar-refractivity contribution in [3.63, 3.8) is 0 Å². The van der Waals surface area contributed by atoms with Gasteiger partial charge in [-0.25, -0.2) is 4.39 Å². The smallest absolute Gasteiger partial charge is 0.295 e. The number of nitrogens with zero attached hydrogens (tertiary/aromatic N) is 1. The first-order chi connectivity index (χ1) is 8.81. The minimum atomic E-state index is -0.884. The minimum Gasteiger partial charge on any atom is -0.371 e. The van der Waals surface area contributed by atoms with Crippen LogP contribution in [0, 0.1) is 15.9 Å². The van der Waals surface area contributed by atoms with Crippen LogP contribution in [0.1, 0.15) is 13.8 Å². The molecular weight excluding hydrogens is 277 g/mol. The number of nitro groups is 1. The van der Waals surface area contributed by atoms with E-state index < -0.39 is 16.4 Å². The molecule has 104 valence electrons. The van der Waals surface area contributed by atoms with Gasteiger partial charge >= 0.3 is 0 Å². The topological polar surface area (TPSA) is 84.3 Å². The Hall–Kier alpha value is -1.89. The second kappa shape index (κ2) is 6.33. The van der Waals surface area contributed by atoms with Crippen LogP contribution in [0.3, 0.4) is 0 Å². The summed E-state index contributed by atoms with van der Waals surface area (Å²) in [6.45, 7) is 3.41. The molecule has 0 fully saturated rings. The largest absolute Gasteiger partial charge is 0.371 e. The highest BCUT2D eigenvalue weighted by atomic mass is 35.5. The van der Waals surface area contributed by atoms with Crippen LogP contribution in [-0.4, -0.2) is 23.4 Å². The fraction of sp³-hybridized carbons (Fsp3) is 0.364. The fourth-order valence-corrected chi connectivity index (χ4v) is 1.54. The van der Waals surface area contributed by atoms with Gasteiger partial charge in [-0.1, -0.05) is 11.6 Å². The van der Waals surface area contributed by atoms with Gasteiger partial charge in [0.25, 0.3) is 5.69 Å². The van der Waals surface area contributed by atoms with E-state index in [2.05, 4.69) is 10.6 Å². The summed E-state index contributed by atoms with van der Waals surface area (Å²) in [6.07, 6.45) is 0. The molecule has 19 heavy (non-hydrogen) atoms. The van der Waals surface area contributed by atoms with Crippen LogP contribution in [0.2, 0.25) is 5.02 Å². The van der Waals surface area contributed by atoms with Crippen molar-refractivity contribution >= 4 is 28.9 Å². The third-order valence-corrected chi connectivity index (χ3v) is 2.41. The standard InChI is InChI=1S/C11H13ClFN3O3/c1-6(2)15-11(17)5-14-9-3-7(12)8(13)4-10(9)16(18)19/h3-4,6,14H,5H2,1-2H3,(H,15,17). The van der Waals surface area contributed by atoms with Gasteiger partial charge in [0.05, 0.1) is 22.6 Å². The van der Waals surface area contributed by atoms with Crippen molar-refractivity contribution in [2.75, 3.05) is 11.9 Å². The molecule has 0 radical (unpaired) electrons. The van der Waals surface area contributed by atoms with Gasteiger partial charge in [-0.05, 0) is 19.9 Å². The van der Waals surface area contributed by atoms with Crippen LogP contribution < -0.4 is 10.6 Å². The minimum absolute atomic E-state index is 0.00435. The van der Waals surface area contributed by atoms with E-state index >= 15 is 0 Å². The molecule has 0 aliphatic carbocycles. The molecule has 8 heteroatoms. The molecule has 0 aromatic heterocycles. The summed E-state index contributed by atoms with van der Waals surface area (Å²) in [5.74, 6) is -1.21. The number of rotatable bonds is 5. The first-order valence-corrected chi connectivity index (χ1v) is 5.85. The lowest BCUT2D eigenvalue weighted by Gasteiger charge is -2.10. The van der Waals surface area contributed by atoms with Gasteiger partial charge in [0.15, 0.2) is 0 Å². The van der Waals surface area contributed by atoms with E-state index in [0.29, 0.717) is 6.07 Å². The predicted octanol–water partition coefficient (Wildman–Crippen LogP) is 2.32. The van der Waals surface area contributed by atoms with Gasteiger partial charge in [-0.3, -0.25) is 14.9 Å². The number of halogens is 2. The lowest BCUT2D eigenvalue weighted by atomic mass is 10.2. The number of amides is 1. The molecule has 0 bridgehead atoms. The van der Waals surface area contributed by atoms with E-state index in [4.69, 9.17) is 11.6 Å². The average molecular weight is 290 g/mol. The molecule has 0 saturated heterocycles. The Labute approximate surface area is 114 Å². The van der Waals surface area contributed by atoms with Gasteiger partial charge in [0.1, 0.15) is 11.5 Å². The Morgan fingerprint density at radius 2 is 2.16 bits per heavy atom. The second-order valence-corrected chi connectivity index (χ2v) is 4.52.